The normalized spacial score (nSPS) is 15.5. The van der Waals surface area contributed by atoms with Crippen molar-refractivity contribution >= 4 is 52.3 Å². The Hall–Kier alpha value is -3.61. The highest BCUT2D eigenvalue weighted by Crippen LogP contribution is 2.34. The molecule has 0 aromatic heterocycles. The Morgan fingerprint density at radius 3 is 2.34 bits per heavy atom. The van der Waals surface area contributed by atoms with Gasteiger partial charge in [0.25, 0.3) is 17.7 Å². The van der Waals surface area contributed by atoms with Gasteiger partial charge in [-0.25, -0.2) is 4.90 Å². The van der Waals surface area contributed by atoms with Crippen LogP contribution in [0.2, 0.25) is 5.02 Å². The summed E-state index contributed by atoms with van der Waals surface area (Å²) in [5.74, 6) is -1.25. The Labute approximate surface area is 212 Å². The first-order chi connectivity index (χ1) is 16.8. The molecule has 176 valence electrons. The maximum absolute atomic E-state index is 13.1. The third-order valence-electron chi connectivity index (χ3n) is 6.33. The van der Waals surface area contributed by atoms with E-state index < -0.39 is 11.8 Å². The highest BCUT2D eigenvalue weighted by molar-refractivity contribution is 6.53. The molecule has 3 amide bonds. The molecule has 1 N–H and O–H groups in total. The average Bonchev–Trinajstić information content (AvgIpc) is 3.08. The molecule has 2 heterocycles. The molecule has 0 fully saturated rings. The van der Waals surface area contributed by atoms with Crippen LogP contribution in [0.15, 0.2) is 77.5 Å². The number of imide groups is 1. The fraction of sp³-hybridized carbons (Fsp3) is 0.148. The molecule has 2 aliphatic rings. The van der Waals surface area contributed by atoms with Gasteiger partial charge in [-0.3, -0.25) is 14.4 Å². The number of amides is 3. The van der Waals surface area contributed by atoms with Gasteiger partial charge in [-0.05, 0) is 66.4 Å². The number of hydrogen-bond acceptors (Lipinski definition) is 4. The average molecular weight is 506 g/mol. The second kappa shape index (κ2) is 9.21. The number of hydrogen-bond donors (Lipinski definition) is 1. The summed E-state index contributed by atoms with van der Waals surface area (Å²) in [5.41, 5.74) is 4.47. The van der Waals surface area contributed by atoms with Crippen molar-refractivity contribution in [2.45, 2.75) is 19.9 Å². The van der Waals surface area contributed by atoms with Crippen molar-refractivity contribution in [3.63, 3.8) is 0 Å². The number of anilines is 2. The van der Waals surface area contributed by atoms with Gasteiger partial charge in [0.2, 0.25) is 0 Å². The molecule has 0 aliphatic carbocycles. The van der Waals surface area contributed by atoms with E-state index in [-0.39, 0.29) is 16.6 Å². The van der Waals surface area contributed by atoms with Crippen LogP contribution in [0.1, 0.15) is 27.0 Å². The Morgan fingerprint density at radius 2 is 1.60 bits per heavy atom. The van der Waals surface area contributed by atoms with Crippen LogP contribution in [-0.2, 0) is 22.6 Å². The van der Waals surface area contributed by atoms with Crippen molar-refractivity contribution in [1.82, 2.24) is 4.90 Å². The molecule has 0 unspecified atom stereocenters. The van der Waals surface area contributed by atoms with Gasteiger partial charge >= 0.3 is 0 Å². The molecule has 3 aromatic rings. The number of rotatable bonds is 4. The van der Waals surface area contributed by atoms with Gasteiger partial charge in [0.1, 0.15) is 10.7 Å². The quantitative estimate of drug-likeness (QED) is 0.489. The predicted molar refractivity (Wildman–Crippen MR) is 137 cm³/mol. The highest BCUT2D eigenvalue weighted by atomic mass is 35.5. The summed E-state index contributed by atoms with van der Waals surface area (Å²) in [6, 6.07) is 19.9. The predicted octanol–water partition coefficient (Wildman–Crippen LogP) is 5.28. The molecular formula is C27H21Cl2N3O3. The third kappa shape index (κ3) is 4.20. The van der Waals surface area contributed by atoms with E-state index in [4.69, 9.17) is 23.2 Å². The van der Waals surface area contributed by atoms with E-state index in [1.807, 2.05) is 23.1 Å². The Balaban J connectivity index is 1.31. The second-order valence-electron chi connectivity index (χ2n) is 8.47. The lowest BCUT2D eigenvalue weighted by Gasteiger charge is -2.29. The zero-order valence-electron chi connectivity index (χ0n) is 18.8. The van der Waals surface area contributed by atoms with Crippen LogP contribution in [0.4, 0.5) is 11.4 Å². The largest absolute Gasteiger partial charge is 0.350 e. The van der Waals surface area contributed by atoms with Gasteiger partial charge < -0.3 is 10.2 Å². The summed E-state index contributed by atoms with van der Waals surface area (Å²) in [4.78, 5) is 41.7. The first-order valence-corrected chi connectivity index (χ1v) is 11.9. The van der Waals surface area contributed by atoms with Crippen molar-refractivity contribution in [3.05, 3.63) is 105 Å². The smallest absolute Gasteiger partial charge is 0.283 e. The first-order valence-electron chi connectivity index (χ1n) is 11.1. The maximum atomic E-state index is 13.1. The van der Waals surface area contributed by atoms with Crippen LogP contribution in [-0.4, -0.2) is 29.2 Å². The van der Waals surface area contributed by atoms with Crippen molar-refractivity contribution < 1.29 is 14.4 Å². The molecular weight excluding hydrogens is 485 g/mol. The molecule has 2 aliphatic heterocycles. The van der Waals surface area contributed by atoms with Gasteiger partial charge in [-0.15, -0.1) is 0 Å². The topological polar surface area (TPSA) is 69.7 Å². The zero-order valence-corrected chi connectivity index (χ0v) is 20.4. The first kappa shape index (κ1) is 23.1. The molecule has 0 radical (unpaired) electrons. The number of nitrogens with zero attached hydrogens (tertiary/aromatic N) is 2. The zero-order chi connectivity index (χ0) is 24.7. The van der Waals surface area contributed by atoms with Crippen molar-refractivity contribution in [2.75, 3.05) is 16.8 Å². The Kier molecular flexibility index (Phi) is 6.09. The van der Waals surface area contributed by atoms with Crippen LogP contribution in [0.25, 0.3) is 0 Å². The fourth-order valence-corrected chi connectivity index (χ4v) is 4.74. The molecule has 3 aromatic carbocycles. The standard InChI is InChI=1S/C27H21Cl2N3O3/c1-16-21(28)7-4-8-22(16)32-26(34)23(29)24(27(32)35)30-20-11-9-18(10-12-20)25(33)31-14-13-17-5-2-3-6-19(17)15-31/h2-12,30H,13-15H2,1H3. The van der Waals surface area contributed by atoms with Gasteiger partial charge in [0, 0.05) is 29.4 Å². The van der Waals surface area contributed by atoms with E-state index in [1.165, 1.54) is 5.56 Å². The van der Waals surface area contributed by atoms with Crippen LogP contribution in [0.5, 0.6) is 0 Å². The molecule has 0 saturated carbocycles. The highest BCUT2D eigenvalue weighted by Gasteiger charge is 2.39. The monoisotopic (exact) mass is 505 g/mol. The SMILES string of the molecule is Cc1c(Cl)cccc1N1C(=O)C(Cl)=C(Nc2ccc(C(=O)N3CCc4ccccc4C3)cc2)C1=O. The Morgan fingerprint density at radius 1 is 0.886 bits per heavy atom. The van der Waals surface area contributed by atoms with E-state index in [0.29, 0.717) is 40.6 Å². The number of carbonyl (C=O) groups is 3. The summed E-state index contributed by atoms with van der Waals surface area (Å²) >= 11 is 12.4. The summed E-state index contributed by atoms with van der Waals surface area (Å²) in [6.07, 6.45) is 0.826. The Bertz CT molecular complexity index is 1400. The third-order valence-corrected chi connectivity index (χ3v) is 7.09. The number of nitrogens with one attached hydrogen (secondary N) is 1. The van der Waals surface area contributed by atoms with Gasteiger partial charge in [0.05, 0.1) is 5.69 Å². The molecule has 0 spiro atoms. The lowest BCUT2D eigenvalue weighted by molar-refractivity contribution is -0.120. The van der Waals surface area contributed by atoms with E-state index in [9.17, 15) is 14.4 Å². The van der Waals surface area contributed by atoms with Gasteiger partial charge in [0.15, 0.2) is 0 Å². The summed E-state index contributed by atoms with van der Waals surface area (Å²) < 4.78 is 0. The van der Waals surface area contributed by atoms with E-state index in [1.54, 1.807) is 49.4 Å². The summed E-state index contributed by atoms with van der Waals surface area (Å²) in [5, 5.41) is 3.18. The molecule has 0 saturated heterocycles. The number of benzene rings is 3. The summed E-state index contributed by atoms with van der Waals surface area (Å²) in [7, 11) is 0. The van der Waals surface area contributed by atoms with E-state index in [0.717, 1.165) is 16.9 Å². The van der Waals surface area contributed by atoms with Crippen LogP contribution in [0, 0.1) is 6.92 Å². The van der Waals surface area contributed by atoms with Crippen LogP contribution in [0.3, 0.4) is 0 Å². The molecule has 6 nitrogen and oxygen atoms in total. The number of halogens is 2. The van der Waals surface area contributed by atoms with Gasteiger partial charge in [-0.1, -0.05) is 53.5 Å². The van der Waals surface area contributed by atoms with Crippen LogP contribution >= 0.6 is 23.2 Å². The molecule has 0 atom stereocenters. The fourth-order valence-electron chi connectivity index (χ4n) is 4.36. The minimum atomic E-state index is -0.623. The lowest BCUT2D eigenvalue weighted by atomic mass is 9.99. The minimum Gasteiger partial charge on any atom is -0.350 e. The van der Waals surface area contributed by atoms with Crippen molar-refractivity contribution in [1.29, 1.82) is 0 Å². The minimum absolute atomic E-state index is 0.0252. The summed E-state index contributed by atoms with van der Waals surface area (Å²) in [6.45, 7) is 2.97. The molecule has 5 rings (SSSR count). The number of fused-ring (bicyclic) bond motifs is 1. The lowest BCUT2D eigenvalue weighted by Crippen LogP contribution is -2.35. The van der Waals surface area contributed by atoms with E-state index >= 15 is 0 Å². The van der Waals surface area contributed by atoms with Crippen molar-refractivity contribution in [3.8, 4) is 0 Å². The molecule has 0 bridgehead atoms. The number of carbonyl (C=O) groups excluding carboxylic acids is 3. The van der Waals surface area contributed by atoms with E-state index in [2.05, 4.69) is 11.4 Å². The maximum Gasteiger partial charge on any atom is 0.283 e. The molecule has 35 heavy (non-hydrogen) atoms. The second-order valence-corrected chi connectivity index (χ2v) is 9.25. The van der Waals surface area contributed by atoms with Gasteiger partial charge in [-0.2, -0.15) is 0 Å². The van der Waals surface area contributed by atoms with Crippen LogP contribution < -0.4 is 10.2 Å². The molecule has 8 heteroatoms. The van der Waals surface area contributed by atoms with Crippen molar-refractivity contribution in [2.24, 2.45) is 0 Å².